The predicted octanol–water partition coefficient (Wildman–Crippen LogP) is 5.36. The van der Waals surface area contributed by atoms with E-state index >= 15 is 0 Å². The van der Waals surface area contributed by atoms with Gasteiger partial charge in [-0.1, -0.05) is 23.7 Å². The third kappa shape index (κ3) is 2.37. The van der Waals surface area contributed by atoms with Crippen molar-refractivity contribution in [3.63, 3.8) is 0 Å². The molecular weight excluding hydrogens is 299 g/mol. The van der Waals surface area contributed by atoms with Crippen LogP contribution in [0.2, 0.25) is 5.02 Å². The van der Waals surface area contributed by atoms with Crippen molar-refractivity contribution in [2.75, 3.05) is 0 Å². The molecule has 0 saturated carbocycles. The highest BCUT2D eigenvalue weighted by atomic mass is 35.5. The Kier molecular flexibility index (Phi) is 3.50. The van der Waals surface area contributed by atoms with Crippen LogP contribution in [0.5, 0.6) is 5.75 Å². The minimum absolute atomic E-state index is 0.188. The summed E-state index contributed by atoms with van der Waals surface area (Å²) in [6, 6.07) is 6.18. The molecule has 1 nitrogen and oxygen atoms in total. The molecule has 0 aliphatic carbocycles. The SMILES string of the molecule is Cc1csc(C(Cl)c2ccc3c(c2)CC(C)O3)c1Cl. The number of aryl methyl sites for hydroxylation is 1. The zero-order valence-electron chi connectivity index (χ0n) is 10.7. The Bertz CT molecular complexity index is 621. The lowest BCUT2D eigenvalue weighted by atomic mass is 10.0. The average molecular weight is 313 g/mol. The minimum atomic E-state index is -0.188. The van der Waals surface area contributed by atoms with Crippen LogP contribution in [0.15, 0.2) is 23.6 Å². The van der Waals surface area contributed by atoms with Gasteiger partial charge >= 0.3 is 0 Å². The molecule has 3 rings (SSSR count). The Morgan fingerprint density at radius 1 is 1.42 bits per heavy atom. The van der Waals surface area contributed by atoms with Crippen molar-refractivity contribution in [3.05, 3.63) is 50.2 Å². The second-order valence-corrected chi connectivity index (χ2v) is 6.68. The summed E-state index contributed by atoms with van der Waals surface area (Å²) in [5.41, 5.74) is 3.41. The van der Waals surface area contributed by atoms with Crippen LogP contribution in [-0.2, 0) is 6.42 Å². The molecule has 2 aromatic rings. The highest BCUT2D eigenvalue weighted by Crippen LogP contribution is 2.41. The number of rotatable bonds is 2. The van der Waals surface area contributed by atoms with Crippen molar-refractivity contribution in [1.29, 1.82) is 0 Å². The van der Waals surface area contributed by atoms with Crippen molar-refractivity contribution >= 4 is 34.5 Å². The maximum Gasteiger partial charge on any atom is 0.123 e. The molecule has 2 unspecified atom stereocenters. The normalized spacial score (nSPS) is 19.1. The molecule has 0 saturated heterocycles. The zero-order valence-corrected chi connectivity index (χ0v) is 13.1. The summed E-state index contributed by atoms with van der Waals surface area (Å²) in [6.07, 6.45) is 1.20. The Morgan fingerprint density at radius 3 is 2.89 bits per heavy atom. The molecular formula is C15H14Cl2OS. The standard InChI is InChI=1S/C15H14Cl2OS/c1-8-7-19-15(13(8)16)14(17)10-3-4-12-11(6-10)5-9(2)18-12/h3-4,6-7,9,14H,5H2,1-2H3. The molecule has 0 spiro atoms. The monoisotopic (exact) mass is 312 g/mol. The molecule has 4 heteroatoms. The van der Waals surface area contributed by atoms with Crippen molar-refractivity contribution in [2.45, 2.75) is 31.7 Å². The van der Waals surface area contributed by atoms with Crippen LogP contribution in [0, 0.1) is 6.92 Å². The zero-order chi connectivity index (χ0) is 13.6. The van der Waals surface area contributed by atoms with Gasteiger partial charge < -0.3 is 4.74 Å². The van der Waals surface area contributed by atoms with Crippen LogP contribution in [0.4, 0.5) is 0 Å². The average Bonchev–Trinajstić information content (AvgIpc) is 2.91. The lowest BCUT2D eigenvalue weighted by molar-refractivity contribution is 0.254. The summed E-state index contributed by atoms with van der Waals surface area (Å²) < 4.78 is 5.71. The van der Waals surface area contributed by atoms with E-state index in [2.05, 4.69) is 13.0 Å². The summed E-state index contributed by atoms with van der Waals surface area (Å²) in [7, 11) is 0. The van der Waals surface area contributed by atoms with Gasteiger partial charge in [-0.2, -0.15) is 0 Å². The van der Waals surface area contributed by atoms with E-state index in [4.69, 9.17) is 27.9 Å². The van der Waals surface area contributed by atoms with E-state index in [1.54, 1.807) is 11.3 Å². The molecule has 1 aromatic carbocycles. The Hall–Kier alpha value is -0.700. The molecule has 0 radical (unpaired) electrons. The highest BCUT2D eigenvalue weighted by Gasteiger charge is 2.23. The second-order valence-electron chi connectivity index (χ2n) is 4.96. The first-order valence-corrected chi connectivity index (χ1v) is 7.92. The van der Waals surface area contributed by atoms with Gasteiger partial charge in [0.1, 0.15) is 11.9 Å². The molecule has 0 N–H and O–H groups in total. The molecule has 1 aliphatic rings. The van der Waals surface area contributed by atoms with Crippen LogP contribution in [0.3, 0.4) is 0 Å². The summed E-state index contributed by atoms with van der Waals surface area (Å²) in [6.45, 7) is 4.08. The first-order valence-electron chi connectivity index (χ1n) is 6.23. The van der Waals surface area contributed by atoms with Gasteiger partial charge in [0.2, 0.25) is 0 Å². The maximum atomic E-state index is 6.57. The van der Waals surface area contributed by atoms with Crippen LogP contribution in [0.25, 0.3) is 0 Å². The number of benzene rings is 1. The number of thiophene rings is 1. The van der Waals surface area contributed by atoms with Gasteiger partial charge in [-0.3, -0.25) is 0 Å². The molecule has 2 heterocycles. The van der Waals surface area contributed by atoms with Crippen molar-refractivity contribution in [2.24, 2.45) is 0 Å². The Balaban J connectivity index is 1.95. The quantitative estimate of drug-likeness (QED) is 0.678. The van der Waals surface area contributed by atoms with Crippen molar-refractivity contribution < 1.29 is 4.74 Å². The summed E-state index contributed by atoms with van der Waals surface area (Å²) in [5, 5.41) is 2.65. The van der Waals surface area contributed by atoms with E-state index in [1.807, 2.05) is 24.4 Å². The third-order valence-corrected chi connectivity index (χ3v) is 5.75. The Morgan fingerprint density at radius 2 is 2.21 bits per heavy atom. The lowest BCUT2D eigenvalue weighted by Gasteiger charge is -2.10. The Labute approximate surface area is 127 Å². The van der Waals surface area contributed by atoms with Gasteiger partial charge in [0.15, 0.2) is 0 Å². The third-order valence-electron chi connectivity index (χ3n) is 3.37. The molecule has 100 valence electrons. The van der Waals surface area contributed by atoms with E-state index in [0.29, 0.717) is 0 Å². The van der Waals surface area contributed by atoms with E-state index in [0.717, 1.165) is 33.2 Å². The summed E-state index contributed by atoms with van der Waals surface area (Å²) in [4.78, 5) is 1.02. The molecule has 19 heavy (non-hydrogen) atoms. The molecule has 2 atom stereocenters. The van der Waals surface area contributed by atoms with Gasteiger partial charge in [0.05, 0.1) is 10.4 Å². The van der Waals surface area contributed by atoms with Gasteiger partial charge in [-0.05, 0) is 42.0 Å². The van der Waals surface area contributed by atoms with E-state index in [1.165, 1.54) is 5.56 Å². The first-order chi connectivity index (χ1) is 9.06. The fraction of sp³-hybridized carbons (Fsp3) is 0.333. The molecule has 0 amide bonds. The van der Waals surface area contributed by atoms with Gasteiger partial charge in [-0.15, -0.1) is 22.9 Å². The fourth-order valence-corrected chi connectivity index (χ4v) is 4.13. The summed E-state index contributed by atoms with van der Waals surface area (Å²) >= 11 is 14.5. The van der Waals surface area contributed by atoms with Gasteiger partial charge in [0.25, 0.3) is 0 Å². The highest BCUT2D eigenvalue weighted by molar-refractivity contribution is 7.11. The van der Waals surface area contributed by atoms with Crippen LogP contribution in [0.1, 0.15) is 33.9 Å². The van der Waals surface area contributed by atoms with Crippen molar-refractivity contribution in [3.8, 4) is 5.75 Å². The molecule has 0 bridgehead atoms. The van der Waals surface area contributed by atoms with E-state index < -0.39 is 0 Å². The predicted molar refractivity (Wildman–Crippen MR) is 82.0 cm³/mol. The van der Waals surface area contributed by atoms with Crippen LogP contribution < -0.4 is 4.74 Å². The number of fused-ring (bicyclic) bond motifs is 1. The number of hydrogen-bond acceptors (Lipinski definition) is 2. The number of hydrogen-bond donors (Lipinski definition) is 0. The van der Waals surface area contributed by atoms with Crippen LogP contribution >= 0.6 is 34.5 Å². The summed E-state index contributed by atoms with van der Waals surface area (Å²) in [5.74, 6) is 0.980. The molecule has 0 fully saturated rings. The number of halogens is 2. The number of alkyl halides is 1. The first kappa shape index (κ1) is 13.3. The fourth-order valence-electron chi connectivity index (χ4n) is 2.37. The topological polar surface area (TPSA) is 9.23 Å². The van der Waals surface area contributed by atoms with Gasteiger partial charge in [0, 0.05) is 11.3 Å². The van der Waals surface area contributed by atoms with Crippen LogP contribution in [-0.4, -0.2) is 6.10 Å². The van der Waals surface area contributed by atoms with Crippen molar-refractivity contribution in [1.82, 2.24) is 0 Å². The van der Waals surface area contributed by atoms with Gasteiger partial charge in [-0.25, -0.2) is 0 Å². The largest absolute Gasteiger partial charge is 0.490 e. The van der Waals surface area contributed by atoms with E-state index in [-0.39, 0.29) is 11.5 Å². The lowest BCUT2D eigenvalue weighted by Crippen LogP contribution is -2.05. The second kappa shape index (κ2) is 5.01. The molecule has 1 aliphatic heterocycles. The van der Waals surface area contributed by atoms with E-state index in [9.17, 15) is 0 Å². The smallest absolute Gasteiger partial charge is 0.123 e. The molecule has 1 aromatic heterocycles. The minimum Gasteiger partial charge on any atom is -0.490 e. The number of ether oxygens (including phenoxy) is 1. The maximum absolute atomic E-state index is 6.57.